The maximum Gasteiger partial charge on any atom is 0.142 e. The van der Waals surface area contributed by atoms with Crippen molar-refractivity contribution in [3.63, 3.8) is 0 Å². The highest BCUT2D eigenvalue weighted by atomic mass is 16.5. The minimum atomic E-state index is 0.447. The molecule has 0 aliphatic carbocycles. The Hall–Kier alpha value is -2.89. The number of ether oxygens (including phenoxy) is 2. The molecular formula is C19H20N4O2. The molecular weight excluding hydrogens is 316 g/mol. The van der Waals surface area contributed by atoms with E-state index in [2.05, 4.69) is 34.2 Å². The number of aromatic nitrogens is 4. The molecule has 25 heavy (non-hydrogen) atoms. The fourth-order valence-corrected chi connectivity index (χ4v) is 3.32. The van der Waals surface area contributed by atoms with Crippen molar-refractivity contribution in [3.8, 4) is 17.3 Å². The Morgan fingerprint density at radius 3 is 2.84 bits per heavy atom. The summed E-state index contributed by atoms with van der Waals surface area (Å²) >= 11 is 0. The fourth-order valence-electron chi connectivity index (χ4n) is 3.32. The summed E-state index contributed by atoms with van der Waals surface area (Å²) in [6, 6.07) is 8.24. The molecule has 128 valence electrons. The SMILES string of the molecule is COc1ccc2c(c1)OCC(Cc1cnc(-n3cnnc3)c(C)c1)C2. The molecule has 6 nitrogen and oxygen atoms in total. The Bertz CT molecular complexity index is 877. The van der Waals surface area contributed by atoms with Gasteiger partial charge < -0.3 is 9.47 Å². The number of benzene rings is 1. The quantitative estimate of drug-likeness (QED) is 0.733. The van der Waals surface area contributed by atoms with Crippen LogP contribution >= 0.6 is 0 Å². The molecule has 0 N–H and O–H groups in total. The second kappa shape index (κ2) is 6.55. The zero-order chi connectivity index (χ0) is 17.2. The molecule has 1 aromatic carbocycles. The van der Waals surface area contributed by atoms with Crippen LogP contribution < -0.4 is 9.47 Å². The van der Waals surface area contributed by atoms with E-state index in [4.69, 9.17) is 9.47 Å². The normalized spacial score (nSPS) is 16.2. The molecule has 1 aliphatic rings. The van der Waals surface area contributed by atoms with Crippen molar-refractivity contribution >= 4 is 0 Å². The molecule has 0 fully saturated rings. The monoisotopic (exact) mass is 336 g/mol. The minimum absolute atomic E-state index is 0.447. The fraction of sp³-hybridized carbons (Fsp3) is 0.316. The summed E-state index contributed by atoms with van der Waals surface area (Å²) in [4.78, 5) is 4.58. The van der Waals surface area contributed by atoms with Crippen molar-refractivity contribution in [2.24, 2.45) is 5.92 Å². The molecule has 0 radical (unpaired) electrons. The largest absolute Gasteiger partial charge is 0.497 e. The molecule has 6 heteroatoms. The molecule has 1 atom stereocenters. The van der Waals surface area contributed by atoms with E-state index in [1.165, 1.54) is 11.1 Å². The van der Waals surface area contributed by atoms with E-state index >= 15 is 0 Å². The van der Waals surface area contributed by atoms with Gasteiger partial charge in [-0.05, 0) is 42.5 Å². The van der Waals surface area contributed by atoms with E-state index in [9.17, 15) is 0 Å². The van der Waals surface area contributed by atoms with Gasteiger partial charge in [0.15, 0.2) is 0 Å². The molecule has 0 saturated carbocycles. The van der Waals surface area contributed by atoms with Gasteiger partial charge in [-0.25, -0.2) is 4.98 Å². The number of hydrogen-bond acceptors (Lipinski definition) is 5. The summed E-state index contributed by atoms with van der Waals surface area (Å²) in [6.07, 6.45) is 7.21. The lowest BCUT2D eigenvalue weighted by atomic mass is 9.91. The van der Waals surface area contributed by atoms with E-state index in [-0.39, 0.29) is 0 Å². The van der Waals surface area contributed by atoms with Crippen LogP contribution in [0, 0.1) is 12.8 Å². The highest BCUT2D eigenvalue weighted by Gasteiger charge is 2.21. The van der Waals surface area contributed by atoms with E-state index in [1.54, 1.807) is 19.8 Å². The van der Waals surface area contributed by atoms with E-state index in [0.717, 1.165) is 35.7 Å². The lowest BCUT2D eigenvalue weighted by Crippen LogP contribution is -2.23. The standard InChI is InChI=1S/C19H20N4O2/c1-13-5-14(9-20-19(13)23-11-21-22-12-23)6-15-7-16-3-4-17(24-2)8-18(16)25-10-15/h3-5,8-9,11-12,15H,6-7,10H2,1-2H3. The Morgan fingerprint density at radius 1 is 1.24 bits per heavy atom. The van der Waals surface area contributed by atoms with Gasteiger partial charge in [0.05, 0.1) is 13.7 Å². The maximum atomic E-state index is 5.94. The maximum absolute atomic E-state index is 5.94. The van der Waals surface area contributed by atoms with Crippen LogP contribution in [0.2, 0.25) is 0 Å². The second-order valence-corrected chi connectivity index (χ2v) is 6.41. The third kappa shape index (κ3) is 3.20. The first-order chi connectivity index (χ1) is 12.2. The molecule has 3 heterocycles. The predicted octanol–water partition coefficient (Wildman–Crippen LogP) is 2.77. The van der Waals surface area contributed by atoms with Crippen molar-refractivity contribution in [3.05, 3.63) is 59.8 Å². The van der Waals surface area contributed by atoms with E-state index in [1.807, 2.05) is 22.9 Å². The van der Waals surface area contributed by atoms with Crippen molar-refractivity contribution in [2.75, 3.05) is 13.7 Å². The van der Waals surface area contributed by atoms with Crippen molar-refractivity contribution in [1.82, 2.24) is 19.7 Å². The Labute approximate surface area is 146 Å². The summed E-state index contributed by atoms with van der Waals surface area (Å²) < 4.78 is 13.0. The van der Waals surface area contributed by atoms with Gasteiger partial charge in [-0.15, -0.1) is 10.2 Å². The van der Waals surface area contributed by atoms with Crippen molar-refractivity contribution in [1.29, 1.82) is 0 Å². The first-order valence-electron chi connectivity index (χ1n) is 8.33. The molecule has 4 rings (SSSR count). The Kier molecular flexibility index (Phi) is 4.09. The molecule has 2 aromatic heterocycles. The molecule has 0 amide bonds. The van der Waals surface area contributed by atoms with Gasteiger partial charge in [0.25, 0.3) is 0 Å². The summed E-state index contributed by atoms with van der Waals surface area (Å²) in [5.74, 6) is 3.09. The van der Waals surface area contributed by atoms with Crippen LogP contribution in [0.1, 0.15) is 16.7 Å². The van der Waals surface area contributed by atoms with Gasteiger partial charge >= 0.3 is 0 Å². The number of hydrogen-bond donors (Lipinski definition) is 0. The topological polar surface area (TPSA) is 62.1 Å². The summed E-state index contributed by atoms with van der Waals surface area (Å²) in [5, 5.41) is 7.67. The van der Waals surface area contributed by atoms with Gasteiger partial charge in [0.1, 0.15) is 30.0 Å². The first kappa shape index (κ1) is 15.6. The van der Waals surface area contributed by atoms with E-state index < -0.39 is 0 Å². The predicted molar refractivity (Wildman–Crippen MR) is 93.3 cm³/mol. The zero-order valence-corrected chi connectivity index (χ0v) is 14.3. The Balaban J connectivity index is 1.48. The molecule has 3 aromatic rings. The highest BCUT2D eigenvalue weighted by Crippen LogP contribution is 2.32. The van der Waals surface area contributed by atoms with Crippen LogP contribution in [0.15, 0.2) is 43.1 Å². The minimum Gasteiger partial charge on any atom is -0.497 e. The van der Waals surface area contributed by atoms with Crippen LogP contribution in [0.5, 0.6) is 11.5 Å². The first-order valence-corrected chi connectivity index (χ1v) is 8.33. The molecule has 0 bridgehead atoms. The van der Waals surface area contributed by atoms with Crippen LogP contribution in [-0.2, 0) is 12.8 Å². The van der Waals surface area contributed by atoms with Gasteiger partial charge in [0.2, 0.25) is 0 Å². The summed E-state index contributed by atoms with van der Waals surface area (Å²) in [6.45, 7) is 2.77. The second-order valence-electron chi connectivity index (χ2n) is 6.41. The number of pyridine rings is 1. The highest BCUT2D eigenvalue weighted by molar-refractivity contribution is 5.42. The summed E-state index contributed by atoms with van der Waals surface area (Å²) in [5.41, 5.74) is 3.57. The van der Waals surface area contributed by atoms with Gasteiger partial charge in [-0.2, -0.15) is 0 Å². The van der Waals surface area contributed by atoms with Crippen LogP contribution in [-0.4, -0.2) is 33.5 Å². The lowest BCUT2D eigenvalue weighted by Gasteiger charge is -2.25. The summed E-state index contributed by atoms with van der Waals surface area (Å²) in [7, 11) is 1.67. The third-order valence-corrected chi connectivity index (χ3v) is 4.55. The smallest absolute Gasteiger partial charge is 0.142 e. The Morgan fingerprint density at radius 2 is 2.08 bits per heavy atom. The third-order valence-electron chi connectivity index (χ3n) is 4.55. The molecule has 1 unspecified atom stereocenters. The van der Waals surface area contributed by atoms with Crippen molar-refractivity contribution in [2.45, 2.75) is 19.8 Å². The zero-order valence-electron chi connectivity index (χ0n) is 14.3. The molecule has 0 saturated heterocycles. The lowest BCUT2D eigenvalue weighted by molar-refractivity contribution is 0.220. The number of rotatable bonds is 4. The number of aryl methyl sites for hydroxylation is 1. The molecule has 1 aliphatic heterocycles. The van der Waals surface area contributed by atoms with Crippen molar-refractivity contribution < 1.29 is 9.47 Å². The average molecular weight is 336 g/mol. The van der Waals surface area contributed by atoms with Gasteiger partial charge in [-0.1, -0.05) is 12.1 Å². The van der Waals surface area contributed by atoms with E-state index in [0.29, 0.717) is 12.5 Å². The van der Waals surface area contributed by atoms with Gasteiger partial charge in [0, 0.05) is 18.2 Å². The number of methoxy groups -OCH3 is 1. The van der Waals surface area contributed by atoms with Crippen LogP contribution in [0.4, 0.5) is 0 Å². The van der Waals surface area contributed by atoms with Crippen LogP contribution in [0.3, 0.4) is 0 Å². The van der Waals surface area contributed by atoms with Gasteiger partial charge in [-0.3, -0.25) is 4.57 Å². The molecule has 0 spiro atoms. The van der Waals surface area contributed by atoms with Crippen LogP contribution in [0.25, 0.3) is 5.82 Å². The number of fused-ring (bicyclic) bond motifs is 1. The number of nitrogens with zero attached hydrogens (tertiary/aromatic N) is 4. The average Bonchev–Trinajstić information content (AvgIpc) is 3.16.